The summed E-state index contributed by atoms with van der Waals surface area (Å²) in [6.45, 7) is 4.57. The zero-order chi connectivity index (χ0) is 17.2. The lowest BCUT2D eigenvalue weighted by atomic mass is 9.94. The predicted octanol–water partition coefficient (Wildman–Crippen LogP) is 2.04. The summed E-state index contributed by atoms with van der Waals surface area (Å²) in [6, 6.07) is 9.98. The molecule has 0 radical (unpaired) electrons. The van der Waals surface area contributed by atoms with Crippen LogP contribution in [0.4, 0.5) is 5.82 Å². The van der Waals surface area contributed by atoms with Crippen LogP contribution >= 0.6 is 0 Å². The van der Waals surface area contributed by atoms with Gasteiger partial charge in [0.15, 0.2) is 0 Å². The first-order chi connectivity index (χ1) is 12.2. The van der Waals surface area contributed by atoms with Gasteiger partial charge in [0.2, 0.25) is 5.91 Å². The number of benzene rings is 1. The Morgan fingerprint density at radius 3 is 3.08 bits per heavy atom. The van der Waals surface area contributed by atoms with Crippen molar-refractivity contribution in [2.75, 3.05) is 25.0 Å². The molecule has 6 nitrogen and oxygen atoms in total. The van der Waals surface area contributed by atoms with Crippen molar-refractivity contribution < 1.29 is 9.53 Å². The van der Waals surface area contributed by atoms with Crippen LogP contribution in [0.1, 0.15) is 23.7 Å². The van der Waals surface area contributed by atoms with Gasteiger partial charge in [-0.15, -0.1) is 5.10 Å². The normalized spacial score (nSPS) is 18.8. The van der Waals surface area contributed by atoms with Gasteiger partial charge in [-0.05, 0) is 36.6 Å². The summed E-state index contributed by atoms with van der Waals surface area (Å²) in [7, 11) is 0. The maximum atomic E-state index is 13.0. The van der Waals surface area contributed by atoms with Gasteiger partial charge in [0.1, 0.15) is 18.2 Å². The molecule has 0 fully saturated rings. The van der Waals surface area contributed by atoms with Crippen molar-refractivity contribution in [2.45, 2.75) is 26.3 Å². The molecule has 1 amide bonds. The summed E-state index contributed by atoms with van der Waals surface area (Å²) in [5.74, 6) is 1.73. The fourth-order valence-corrected chi connectivity index (χ4v) is 3.53. The average molecular weight is 338 g/mol. The van der Waals surface area contributed by atoms with E-state index < -0.39 is 0 Å². The van der Waals surface area contributed by atoms with Gasteiger partial charge in [0.25, 0.3) is 0 Å². The van der Waals surface area contributed by atoms with Crippen molar-refractivity contribution in [1.29, 1.82) is 0 Å². The number of ether oxygens (including phenoxy) is 1. The van der Waals surface area contributed by atoms with Crippen LogP contribution in [0.3, 0.4) is 0 Å². The summed E-state index contributed by atoms with van der Waals surface area (Å²) in [4.78, 5) is 14.9. The van der Waals surface area contributed by atoms with Crippen molar-refractivity contribution in [3.05, 3.63) is 47.2 Å². The number of aromatic nitrogens is 2. The van der Waals surface area contributed by atoms with Gasteiger partial charge in [0, 0.05) is 26.1 Å². The van der Waals surface area contributed by atoms with Crippen molar-refractivity contribution in [3.63, 3.8) is 0 Å². The Kier molecular flexibility index (Phi) is 4.26. The lowest BCUT2D eigenvalue weighted by Gasteiger charge is -2.33. The van der Waals surface area contributed by atoms with Crippen LogP contribution in [0.2, 0.25) is 0 Å². The van der Waals surface area contributed by atoms with Gasteiger partial charge in [-0.25, -0.2) is 0 Å². The van der Waals surface area contributed by atoms with Crippen LogP contribution in [0, 0.1) is 5.92 Å². The minimum Gasteiger partial charge on any atom is -0.492 e. The Hall–Kier alpha value is -2.63. The van der Waals surface area contributed by atoms with E-state index in [1.165, 1.54) is 0 Å². The summed E-state index contributed by atoms with van der Waals surface area (Å²) < 4.78 is 5.79. The molecule has 3 heterocycles. The number of fused-ring (bicyclic) bond motifs is 2. The topological polar surface area (TPSA) is 67.4 Å². The molecule has 0 saturated carbocycles. The molecule has 1 unspecified atom stereocenters. The Bertz CT molecular complexity index is 793. The van der Waals surface area contributed by atoms with E-state index in [1.807, 2.05) is 42.2 Å². The molecular weight excluding hydrogens is 316 g/mol. The van der Waals surface area contributed by atoms with E-state index in [0.29, 0.717) is 19.7 Å². The Morgan fingerprint density at radius 2 is 2.20 bits per heavy atom. The van der Waals surface area contributed by atoms with Crippen molar-refractivity contribution in [3.8, 4) is 5.75 Å². The average Bonchev–Trinajstić information content (AvgIpc) is 2.66. The summed E-state index contributed by atoms with van der Waals surface area (Å²) in [5.41, 5.74) is 3.20. The third-order valence-electron chi connectivity index (χ3n) is 4.84. The molecule has 1 aromatic heterocycles. The fraction of sp³-hybridized carbons (Fsp3) is 0.421. The Morgan fingerprint density at radius 1 is 1.32 bits per heavy atom. The van der Waals surface area contributed by atoms with Gasteiger partial charge in [-0.2, -0.15) is 5.10 Å². The third-order valence-corrected chi connectivity index (χ3v) is 4.84. The van der Waals surface area contributed by atoms with Crippen LogP contribution in [-0.2, 0) is 24.2 Å². The van der Waals surface area contributed by atoms with E-state index in [0.717, 1.165) is 47.8 Å². The zero-order valence-corrected chi connectivity index (χ0v) is 14.4. The highest BCUT2D eigenvalue weighted by Gasteiger charge is 2.31. The number of rotatable bonds is 3. The van der Waals surface area contributed by atoms with Crippen LogP contribution in [0.25, 0.3) is 0 Å². The lowest BCUT2D eigenvalue weighted by molar-refractivity contribution is -0.137. The van der Waals surface area contributed by atoms with E-state index in [2.05, 4.69) is 15.5 Å². The van der Waals surface area contributed by atoms with Gasteiger partial charge in [-0.3, -0.25) is 4.79 Å². The second kappa shape index (κ2) is 6.70. The molecule has 1 aromatic carbocycles. The highest BCUT2D eigenvalue weighted by molar-refractivity contribution is 5.80. The minimum absolute atomic E-state index is 0.112. The van der Waals surface area contributed by atoms with Gasteiger partial charge >= 0.3 is 0 Å². The molecule has 25 heavy (non-hydrogen) atoms. The van der Waals surface area contributed by atoms with Crippen LogP contribution in [0.5, 0.6) is 5.75 Å². The molecule has 4 rings (SSSR count). The van der Waals surface area contributed by atoms with E-state index in [1.54, 1.807) is 0 Å². The van der Waals surface area contributed by atoms with Crippen molar-refractivity contribution >= 4 is 11.7 Å². The SMILES string of the molecule is CCNc1cc2c(nn1)CCN(C(=O)C1COc3ccccc3C1)C2. The monoisotopic (exact) mass is 338 g/mol. The molecule has 0 spiro atoms. The first-order valence-electron chi connectivity index (χ1n) is 8.83. The van der Waals surface area contributed by atoms with Crippen LogP contribution < -0.4 is 10.1 Å². The number of anilines is 1. The van der Waals surface area contributed by atoms with E-state index in [4.69, 9.17) is 4.74 Å². The molecule has 130 valence electrons. The summed E-state index contributed by atoms with van der Waals surface area (Å²) in [6.07, 6.45) is 1.50. The first-order valence-corrected chi connectivity index (χ1v) is 8.83. The molecule has 0 saturated heterocycles. The van der Waals surface area contributed by atoms with Crippen LogP contribution in [-0.4, -0.2) is 40.7 Å². The highest BCUT2D eigenvalue weighted by Crippen LogP contribution is 2.29. The molecule has 2 aliphatic rings. The smallest absolute Gasteiger partial charge is 0.229 e. The lowest BCUT2D eigenvalue weighted by Crippen LogP contribution is -2.43. The van der Waals surface area contributed by atoms with E-state index in [9.17, 15) is 4.79 Å². The van der Waals surface area contributed by atoms with Crippen molar-refractivity contribution in [1.82, 2.24) is 15.1 Å². The zero-order valence-electron chi connectivity index (χ0n) is 14.4. The fourth-order valence-electron chi connectivity index (χ4n) is 3.53. The molecule has 0 bridgehead atoms. The number of hydrogen-bond acceptors (Lipinski definition) is 5. The second-order valence-electron chi connectivity index (χ2n) is 6.56. The molecule has 0 aliphatic carbocycles. The Balaban J connectivity index is 1.48. The van der Waals surface area contributed by atoms with Gasteiger partial charge in [-0.1, -0.05) is 18.2 Å². The maximum absolute atomic E-state index is 13.0. The summed E-state index contributed by atoms with van der Waals surface area (Å²) >= 11 is 0. The number of carbonyl (C=O) groups excluding carboxylic acids is 1. The van der Waals surface area contributed by atoms with E-state index >= 15 is 0 Å². The molecule has 1 N–H and O–H groups in total. The molecule has 2 aromatic rings. The highest BCUT2D eigenvalue weighted by atomic mass is 16.5. The molecule has 1 atom stereocenters. The third kappa shape index (κ3) is 3.16. The van der Waals surface area contributed by atoms with Crippen molar-refractivity contribution in [2.24, 2.45) is 5.92 Å². The first kappa shape index (κ1) is 15.9. The number of para-hydroxylation sites is 1. The number of amides is 1. The largest absolute Gasteiger partial charge is 0.492 e. The Labute approximate surface area is 147 Å². The number of hydrogen-bond donors (Lipinski definition) is 1. The maximum Gasteiger partial charge on any atom is 0.229 e. The molecular formula is C19H22N4O2. The molecule has 2 aliphatic heterocycles. The van der Waals surface area contributed by atoms with Crippen LogP contribution in [0.15, 0.2) is 30.3 Å². The standard InChI is InChI=1S/C19H22N4O2/c1-2-20-18-10-14-11-23(8-7-16(14)21-22-18)19(24)15-9-13-5-3-4-6-17(13)25-12-15/h3-6,10,15H,2,7-9,11-12H2,1H3,(H,20,22). The van der Waals surface area contributed by atoms with Gasteiger partial charge in [0.05, 0.1) is 11.6 Å². The summed E-state index contributed by atoms with van der Waals surface area (Å²) in [5, 5.41) is 11.7. The number of carbonyl (C=O) groups is 1. The second-order valence-corrected chi connectivity index (χ2v) is 6.56. The number of nitrogens with zero attached hydrogens (tertiary/aromatic N) is 3. The quantitative estimate of drug-likeness (QED) is 0.928. The van der Waals surface area contributed by atoms with E-state index in [-0.39, 0.29) is 11.8 Å². The van der Waals surface area contributed by atoms with Gasteiger partial charge < -0.3 is 15.0 Å². The number of nitrogens with one attached hydrogen (secondary N) is 1. The predicted molar refractivity (Wildman–Crippen MR) is 94.4 cm³/mol. The molecule has 6 heteroatoms. The minimum atomic E-state index is -0.112.